The molecular weight excluding hydrogens is 385 g/mol. The lowest BCUT2D eigenvalue weighted by Gasteiger charge is -2.20. The smallest absolute Gasteiger partial charge is 0.272 e. The van der Waals surface area contributed by atoms with Crippen LogP contribution in [0.1, 0.15) is 31.3 Å². The van der Waals surface area contributed by atoms with Crippen molar-refractivity contribution in [2.75, 3.05) is 5.32 Å². The summed E-state index contributed by atoms with van der Waals surface area (Å²) in [6, 6.07) is 2.33. The molecule has 0 spiro atoms. The van der Waals surface area contributed by atoms with Gasteiger partial charge in [0.15, 0.2) is 17.5 Å². The van der Waals surface area contributed by atoms with Crippen LogP contribution in [0, 0.1) is 17.5 Å². The summed E-state index contributed by atoms with van der Waals surface area (Å²) in [7, 11) is -2.52. The summed E-state index contributed by atoms with van der Waals surface area (Å²) in [5.41, 5.74) is 1.68. The molecule has 27 heavy (non-hydrogen) atoms. The molecule has 0 unspecified atom stereocenters. The highest BCUT2D eigenvalue weighted by Gasteiger charge is 2.23. The Morgan fingerprint density at radius 3 is 2.15 bits per heavy atom. The number of nitrogens with one attached hydrogen (secondary N) is 3. The van der Waals surface area contributed by atoms with Crippen LogP contribution in [-0.2, 0) is 17.1 Å². The molecule has 0 aliphatic heterocycles. The maximum absolute atomic E-state index is 13.2. The van der Waals surface area contributed by atoms with Crippen molar-refractivity contribution < 1.29 is 26.4 Å². The van der Waals surface area contributed by atoms with E-state index in [1.165, 1.54) is 17.8 Å². The molecule has 7 nitrogen and oxygen atoms in total. The van der Waals surface area contributed by atoms with Gasteiger partial charge in [0.25, 0.3) is 15.9 Å². The van der Waals surface area contributed by atoms with Crippen LogP contribution in [0.4, 0.5) is 18.9 Å². The molecule has 2 rings (SSSR count). The normalized spacial score (nSPS) is 12.3. The van der Waals surface area contributed by atoms with Crippen LogP contribution < -0.4 is 15.6 Å². The van der Waals surface area contributed by atoms with Gasteiger partial charge >= 0.3 is 0 Å². The summed E-state index contributed by atoms with van der Waals surface area (Å²) in [4.78, 5) is 14.3. The summed E-state index contributed by atoms with van der Waals surface area (Å²) >= 11 is 0. The van der Waals surface area contributed by atoms with Crippen LogP contribution >= 0.6 is 0 Å². The second-order valence-corrected chi connectivity index (χ2v) is 8.54. The molecule has 1 aromatic carbocycles. The van der Waals surface area contributed by atoms with Crippen LogP contribution in [0.15, 0.2) is 29.3 Å². The quantitative estimate of drug-likeness (QED) is 0.527. The largest absolute Gasteiger partial charge is 0.345 e. The highest BCUT2D eigenvalue weighted by molar-refractivity contribution is 7.89. The topological polar surface area (TPSA) is 92.2 Å². The van der Waals surface area contributed by atoms with E-state index < -0.39 is 38.9 Å². The number of carbonyl (C=O) groups is 1. The Morgan fingerprint density at radius 1 is 1.07 bits per heavy atom. The van der Waals surface area contributed by atoms with Crippen LogP contribution in [0.3, 0.4) is 0 Å². The molecule has 3 N–H and O–H groups in total. The number of aromatic nitrogens is 1. The second-order valence-electron chi connectivity index (χ2n) is 6.86. The van der Waals surface area contributed by atoms with Crippen molar-refractivity contribution in [2.24, 2.45) is 7.05 Å². The summed E-state index contributed by atoms with van der Waals surface area (Å²) in [5.74, 6) is -5.40. The Hall–Kier alpha value is -2.37. The molecule has 0 bridgehead atoms. The number of carbonyl (C=O) groups excluding carboxylic acids is 1. The summed E-state index contributed by atoms with van der Waals surface area (Å²) < 4.78 is 65.3. The van der Waals surface area contributed by atoms with Crippen LogP contribution in [-0.4, -0.2) is 24.4 Å². The van der Waals surface area contributed by atoms with Gasteiger partial charge in [-0.25, -0.2) is 27.0 Å². The number of rotatable bonds is 5. The fraction of sp³-hybridized carbons (Fsp3) is 0.312. The predicted molar refractivity (Wildman–Crippen MR) is 92.9 cm³/mol. The fourth-order valence-electron chi connectivity index (χ4n) is 2.01. The zero-order valence-corrected chi connectivity index (χ0v) is 15.8. The Balaban J connectivity index is 2.24. The van der Waals surface area contributed by atoms with E-state index in [-0.39, 0.29) is 16.3 Å². The van der Waals surface area contributed by atoms with E-state index in [1.807, 2.05) is 0 Å². The molecule has 0 radical (unpaired) electrons. The minimum absolute atomic E-state index is 0.0868. The average molecular weight is 404 g/mol. The van der Waals surface area contributed by atoms with Crippen LogP contribution in [0.25, 0.3) is 0 Å². The molecule has 148 valence electrons. The van der Waals surface area contributed by atoms with Gasteiger partial charge in [0, 0.05) is 36.6 Å². The lowest BCUT2D eigenvalue weighted by Crippen LogP contribution is -2.48. The zero-order chi connectivity index (χ0) is 20.6. The van der Waals surface area contributed by atoms with Crippen molar-refractivity contribution in [1.82, 2.24) is 14.8 Å². The summed E-state index contributed by atoms with van der Waals surface area (Å²) in [6.45, 7) is 5.25. The standard InChI is InChI=1S/C16H19F3N4O3S/c1-16(2,3)21-22-27(25,26)10-7-13(23(4)8-10)15(24)20-9-5-11(17)14(19)12(18)6-9/h5-8,21-22H,1-4H3,(H,20,24). The monoisotopic (exact) mass is 404 g/mol. The van der Waals surface area contributed by atoms with E-state index in [0.29, 0.717) is 12.1 Å². The van der Waals surface area contributed by atoms with Gasteiger partial charge in [0.05, 0.1) is 0 Å². The number of anilines is 1. The lowest BCUT2D eigenvalue weighted by molar-refractivity contribution is 0.101. The number of amides is 1. The Labute approximate surface area is 154 Å². The molecule has 11 heteroatoms. The predicted octanol–water partition coefficient (Wildman–Crippen LogP) is 2.28. The Kier molecular flexibility index (Phi) is 5.68. The maximum Gasteiger partial charge on any atom is 0.272 e. The lowest BCUT2D eigenvalue weighted by atomic mass is 10.1. The number of hydrazine groups is 1. The molecule has 1 heterocycles. The highest BCUT2D eigenvalue weighted by atomic mass is 32.2. The number of benzene rings is 1. The third kappa shape index (κ3) is 5.08. The maximum atomic E-state index is 13.2. The van der Waals surface area contributed by atoms with Gasteiger partial charge in [0.2, 0.25) is 0 Å². The van der Waals surface area contributed by atoms with Crippen molar-refractivity contribution >= 4 is 21.6 Å². The first-order valence-electron chi connectivity index (χ1n) is 7.71. The van der Waals surface area contributed by atoms with Gasteiger partial charge in [-0.3, -0.25) is 4.79 Å². The Bertz CT molecular complexity index is 958. The average Bonchev–Trinajstić information content (AvgIpc) is 2.93. The van der Waals surface area contributed by atoms with E-state index in [2.05, 4.69) is 15.6 Å². The summed E-state index contributed by atoms with van der Waals surface area (Å²) in [5, 5.41) is 2.19. The van der Waals surface area contributed by atoms with Gasteiger partial charge in [-0.05, 0) is 26.8 Å². The highest BCUT2D eigenvalue weighted by Crippen LogP contribution is 2.19. The first-order valence-corrected chi connectivity index (χ1v) is 9.20. The van der Waals surface area contributed by atoms with Gasteiger partial charge in [-0.2, -0.15) is 0 Å². The Morgan fingerprint density at radius 2 is 1.63 bits per heavy atom. The molecule has 0 saturated carbocycles. The number of hydrogen-bond acceptors (Lipinski definition) is 4. The molecule has 1 amide bonds. The molecular formula is C16H19F3N4O3S. The molecule has 0 saturated heterocycles. The van der Waals surface area contributed by atoms with Gasteiger partial charge in [0.1, 0.15) is 10.6 Å². The van der Waals surface area contributed by atoms with Crippen LogP contribution in [0.2, 0.25) is 0 Å². The molecule has 0 fully saturated rings. The van der Waals surface area contributed by atoms with E-state index in [0.717, 1.165) is 6.07 Å². The number of aryl methyl sites for hydroxylation is 1. The van der Waals surface area contributed by atoms with E-state index in [1.54, 1.807) is 20.8 Å². The molecule has 0 aliphatic rings. The van der Waals surface area contributed by atoms with E-state index in [4.69, 9.17) is 0 Å². The van der Waals surface area contributed by atoms with Crippen molar-refractivity contribution in [3.8, 4) is 0 Å². The second kappa shape index (κ2) is 7.33. The molecule has 0 aliphatic carbocycles. The van der Waals surface area contributed by atoms with Gasteiger partial charge in [-0.1, -0.05) is 0 Å². The van der Waals surface area contributed by atoms with Gasteiger partial charge in [-0.15, -0.1) is 4.83 Å². The number of halogens is 3. The molecule has 0 atom stereocenters. The van der Waals surface area contributed by atoms with E-state index in [9.17, 15) is 26.4 Å². The summed E-state index contributed by atoms with van der Waals surface area (Å²) in [6.07, 6.45) is 1.20. The molecule has 2 aromatic rings. The number of nitrogens with zero attached hydrogens (tertiary/aromatic N) is 1. The van der Waals surface area contributed by atoms with Crippen molar-refractivity contribution in [1.29, 1.82) is 0 Å². The zero-order valence-electron chi connectivity index (χ0n) is 15.0. The van der Waals surface area contributed by atoms with Crippen LogP contribution in [0.5, 0.6) is 0 Å². The van der Waals surface area contributed by atoms with E-state index >= 15 is 0 Å². The SMILES string of the molecule is Cn1cc(S(=O)(=O)NNC(C)(C)C)cc1C(=O)Nc1cc(F)c(F)c(F)c1. The minimum Gasteiger partial charge on any atom is -0.345 e. The third-order valence-electron chi connectivity index (χ3n) is 3.32. The first-order chi connectivity index (χ1) is 12.3. The third-order valence-corrected chi connectivity index (χ3v) is 4.54. The number of hydrogen-bond donors (Lipinski definition) is 3. The van der Waals surface area contributed by atoms with Crippen molar-refractivity contribution in [3.05, 3.63) is 47.5 Å². The van der Waals surface area contributed by atoms with Crippen molar-refractivity contribution in [2.45, 2.75) is 31.2 Å². The first kappa shape index (κ1) is 20.9. The minimum atomic E-state index is -3.95. The van der Waals surface area contributed by atoms with Crippen molar-refractivity contribution in [3.63, 3.8) is 0 Å². The number of sulfonamides is 1. The molecule has 1 aromatic heterocycles. The fourth-order valence-corrected chi connectivity index (χ4v) is 3.13. The van der Waals surface area contributed by atoms with Gasteiger partial charge < -0.3 is 9.88 Å².